The third-order valence-electron chi connectivity index (χ3n) is 4.64. The minimum atomic E-state index is -0.373. The number of benzene rings is 1. The van der Waals surface area contributed by atoms with Crippen molar-refractivity contribution in [3.8, 4) is 11.5 Å². The Balaban J connectivity index is 1.88. The van der Waals surface area contributed by atoms with Gasteiger partial charge >= 0.3 is 0 Å². The molecule has 26 heavy (non-hydrogen) atoms. The highest BCUT2D eigenvalue weighted by molar-refractivity contribution is 7.99. The maximum atomic E-state index is 12.7. The second-order valence-corrected chi connectivity index (χ2v) is 7.45. The Bertz CT molecular complexity index is 906. The van der Waals surface area contributed by atoms with Gasteiger partial charge in [0, 0.05) is 17.7 Å². The van der Waals surface area contributed by atoms with Crippen molar-refractivity contribution < 1.29 is 14.6 Å². The fraction of sp³-hybridized carbons (Fsp3) is 0.389. The highest BCUT2D eigenvalue weighted by Crippen LogP contribution is 2.42. The molecule has 0 saturated heterocycles. The quantitative estimate of drug-likeness (QED) is 0.797. The number of anilines is 1. The number of carbonyl (C=O) groups is 1. The van der Waals surface area contributed by atoms with Crippen molar-refractivity contribution in [3.63, 3.8) is 0 Å². The topological polar surface area (TPSA) is 89.3 Å². The largest absolute Gasteiger partial charge is 0.504 e. The third-order valence-corrected chi connectivity index (χ3v) is 5.36. The average molecular weight is 372 g/mol. The summed E-state index contributed by atoms with van der Waals surface area (Å²) in [6.45, 7) is 2.05. The number of Topliss-reactive ketones (excluding diaryl/α,β-unsaturated/α-hetero) is 1. The molecule has 1 atom stereocenters. The first-order valence-electron chi connectivity index (χ1n) is 8.62. The van der Waals surface area contributed by atoms with E-state index in [9.17, 15) is 9.90 Å². The van der Waals surface area contributed by atoms with Gasteiger partial charge in [0.05, 0.1) is 7.11 Å². The summed E-state index contributed by atoms with van der Waals surface area (Å²) in [4.78, 5) is 17.3. The number of aromatic hydroxyl groups is 1. The van der Waals surface area contributed by atoms with Gasteiger partial charge in [-0.3, -0.25) is 4.79 Å². The zero-order valence-corrected chi connectivity index (χ0v) is 15.5. The number of nitrogens with zero attached hydrogens (tertiary/aromatic N) is 3. The van der Waals surface area contributed by atoms with Crippen LogP contribution in [-0.2, 0) is 4.79 Å². The fourth-order valence-electron chi connectivity index (χ4n) is 3.50. The van der Waals surface area contributed by atoms with E-state index in [1.54, 1.807) is 34.6 Å². The fourth-order valence-corrected chi connectivity index (χ4v) is 4.05. The van der Waals surface area contributed by atoms with E-state index in [0.717, 1.165) is 35.4 Å². The van der Waals surface area contributed by atoms with E-state index in [-0.39, 0.29) is 17.6 Å². The van der Waals surface area contributed by atoms with Crippen LogP contribution in [0.1, 0.15) is 37.8 Å². The third kappa shape index (κ3) is 2.74. The number of methoxy groups -OCH3 is 1. The van der Waals surface area contributed by atoms with Gasteiger partial charge in [0.15, 0.2) is 17.3 Å². The Morgan fingerprint density at radius 2 is 2.27 bits per heavy atom. The summed E-state index contributed by atoms with van der Waals surface area (Å²) in [6, 6.07) is 4.78. The molecule has 8 heteroatoms. The van der Waals surface area contributed by atoms with Crippen LogP contribution in [0.25, 0.3) is 0 Å². The van der Waals surface area contributed by atoms with Crippen molar-refractivity contribution in [3.05, 3.63) is 35.0 Å². The zero-order valence-electron chi connectivity index (χ0n) is 14.7. The first-order chi connectivity index (χ1) is 12.6. The predicted molar refractivity (Wildman–Crippen MR) is 98.7 cm³/mol. The lowest BCUT2D eigenvalue weighted by Gasteiger charge is -2.32. The molecule has 1 aromatic carbocycles. The number of hydrogen-bond acceptors (Lipinski definition) is 7. The van der Waals surface area contributed by atoms with E-state index < -0.39 is 0 Å². The minimum Gasteiger partial charge on any atom is -0.504 e. The van der Waals surface area contributed by atoms with Gasteiger partial charge in [-0.25, -0.2) is 4.68 Å². The summed E-state index contributed by atoms with van der Waals surface area (Å²) in [5, 5.41) is 18.5. The molecule has 0 amide bonds. The predicted octanol–water partition coefficient (Wildman–Crippen LogP) is 3.13. The van der Waals surface area contributed by atoms with E-state index in [1.165, 1.54) is 7.11 Å². The van der Waals surface area contributed by atoms with Gasteiger partial charge in [-0.15, -0.1) is 5.10 Å². The SMILES string of the molecule is CCSc1nc2n(n1)[C@@H](c1ccc(O)c(OC)c1)C1=C(CCCC1=O)N2. The molecule has 0 saturated carbocycles. The Morgan fingerprint density at radius 3 is 3.04 bits per heavy atom. The van der Waals surface area contributed by atoms with Crippen LogP contribution in [0.15, 0.2) is 34.6 Å². The standard InChI is InChI=1S/C18H20N4O3S/c1-3-26-18-20-17-19-11-5-4-6-13(24)15(11)16(22(17)21-18)10-7-8-12(23)14(9-10)25-2/h7-9,16,23H,3-6H2,1-2H3,(H,19,20,21)/t16-/m0/s1. The molecule has 1 aliphatic carbocycles. The highest BCUT2D eigenvalue weighted by atomic mass is 32.2. The van der Waals surface area contributed by atoms with Crippen LogP contribution < -0.4 is 10.1 Å². The van der Waals surface area contributed by atoms with Gasteiger partial charge in [-0.1, -0.05) is 24.8 Å². The first-order valence-corrected chi connectivity index (χ1v) is 9.60. The maximum absolute atomic E-state index is 12.7. The van der Waals surface area contributed by atoms with Crippen molar-refractivity contribution >= 4 is 23.5 Å². The number of hydrogen-bond donors (Lipinski definition) is 2. The molecule has 0 spiro atoms. The summed E-state index contributed by atoms with van der Waals surface area (Å²) < 4.78 is 7.02. The summed E-state index contributed by atoms with van der Waals surface area (Å²) >= 11 is 1.56. The van der Waals surface area contributed by atoms with E-state index in [4.69, 9.17) is 4.74 Å². The van der Waals surface area contributed by atoms with Crippen LogP contribution in [0.4, 0.5) is 5.95 Å². The number of ether oxygens (including phenoxy) is 1. The summed E-state index contributed by atoms with van der Waals surface area (Å²) in [6.07, 6.45) is 2.18. The molecule has 0 unspecified atom stereocenters. The lowest BCUT2D eigenvalue weighted by Crippen LogP contribution is -2.31. The van der Waals surface area contributed by atoms with Gasteiger partial charge in [0.2, 0.25) is 11.1 Å². The molecule has 2 aromatic rings. The molecule has 0 fully saturated rings. The summed E-state index contributed by atoms with van der Waals surface area (Å²) in [7, 11) is 1.51. The number of rotatable bonds is 4. The molecule has 136 valence electrons. The number of phenols is 1. The molecular formula is C18H20N4O3S. The number of aromatic nitrogens is 3. The van der Waals surface area contributed by atoms with Gasteiger partial charge in [-0.2, -0.15) is 4.98 Å². The molecule has 0 radical (unpaired) electrons. The highest BCUT2D eigenvalue weighted by Gasteiger charge is 2.37. The van der Waals surface area contributed by atoms with Crippen molar-refractivity contribution in [2.75, 3.05) is 18.2 Å². The number of allylic oxidation sites excluding steroid dienone is 2. The number of nitrogens with one attached hydrogen (secondary N) is 1. The molecule has 7 nitrogen and oxygen atoms in total. The Labute approximate surface area is 155 Å². The smallest absolute Gasteiger partial charge is 0.227 e. The van der Waals surface area contributed by atoms with Gasteiger partial charge in [0.1, 0.15) is 6.04 Å². The summed E-state index contributed by atoms with van der Waals surface area (Å²) in [5.74, 6) is 2.08. The lowest BCUT2D eigenvalue weighted by molar-refractivity contribution is -0.116. The molecule has 2 heterocycles. The van der Waals surface area contributed by atoms with Crippen molar-refractivity contribution in [2.24, 2.45) is 0 Å². The number of fused-ring (bicyclic) bond motifs is 1. The molecular weight excluding hydrogens is 352 g/mol. The number of carbonyl (C=O) groups excluding carboxylic acids is 1. The van der Waals surface area contributed by atoms with E-state index in [0.29, 0.717) is 23.3 Å². The molecule has 2 N–H and O–H groups in total. The van der Waals surface area contributed by atoms with Crippen LogP contribution in [-0.4, -0.2) is 38.5 Å². The van der Waals surface area contributed by atoms with Crippen LogP contribution in [0.3, 0.4) is 0 Å². The average Bonchev–Trinajstić information content (AvgIpc) is 3.03. The summed E-state index contributed by atoms with van der Waals surface area (Å²) in [5.41, 5.74) is 2.49. The van der Waals surface area contributed by atoms with Crippen molar-refractivity contribution in [1.82, 2.24) is 14.8 Å². The van der Waals surface area contributed by atoms with E-state index in [1.807, 2.05) is 6.92 Å². The van der Waals surface area contributed by atoms with Gasteiger partial charge in [0.25, 0.3) is 0 Å². The molecule has 2 aliphatic rings. The van der Waals surface area contributed by atoms with Crippen LogP contribution in [0, 0.1) is 0 Å². The molecule has 0 bridgehead atoms. The molecule has 4 rings (SSSR count). The minimum absolute atomic E-state index is 0.0652. The zero-order chi connectivity index (χ0) is 18.3. The normalized spacial score (nSPS) is 19.0. The van der Waals surface area contributed by atoms with Crippen molar-refractivity contribution in [2.45, 2.75) is 37.4 Å². The number of ketones is 1. The van der Waals surface area contributed by atoms with Crippen molar-refractivity contribution in [1.29, 1.82) is 0 Å². The Morgan fingerprint density at radius 1 is 1.42 bits per heavy atom. The maximum Gasteiger partial charge on any atom is 0.227 e. The van der Waals surface area contributed by atoms with E-state index >= 15 is 0 Å². The molecule has 1 aliphatic heterocycles. The lowest BCUT2D eigenvalue weighted by atomic mass is 9.85. The van der Waals surface area contributed by atoms with Gasteiger partial charge in [-0.05, 0) is 36.3 Å². The number of phenolic OH excluding ortho intramolecular Hbond substituents is 1. The molecule has 1 aromatic heterocycles. The Kier molecular flexibility index (Phi) is 4.36. The van der Waals surface area contributed by atoms with Gasteiger partial charge < -0.3 is 15.2 Å². The second kappa shape index (κ2) is 6.68. The van der Waals surface area contributed by atoms with E-state index in [2.05, 4.69) is 15.4 Å². The van der Waals surface area contributed by atoms with Crippen LogP contribution >= 0.6 is 11.8 Å². The number of thioether (sulfide) groups is 1. The van der Waals surface area contributed by atoms with Crippen LogP contribution in [0.5, 0.6) is 11.5 Å². The second-order valence-electron chi connectivity index (χ2n) is 6.22. The monoisotopic (exact) mass is 372 g/mol. The first kappa shape index (κ1) is 17.0. The van der Waals surface area contributed by atoms with Crippen LogP contribution in [0.2, 0.25) is 0 Å². The Hall–Kier alpha value is -2.48.